The Morgan fingerprint density at radius 1 is 1.26 bits per heavy atom. The van der Waals surface area contributed by atoms with Crippen LogP contribution in [0.15, 0.2) is 29.3 Å². The fourth-order valence-electron chi connectivity index (χ4n) is 2.35. The molecule has 1 aliphatic rings. The Kier molecular flexibility index (Phi) is 8.07. The Morgan fingerprint density at radius 2 is 1.87 bits per heavy atom. The zero-order chi connectivity index (χ0) is 15.9. The van der Waals surface area contributed by atoms with Crippen molar-refractivity contribution in [2.24, 2.45) is 10.7 Å². The lowest BCUT2D eigenvalue weighted by Crippen LogP contribution is -2.51. The van der Waals surface area contributed by atoms with Gasteiger partial charge >= 0.3 is 0 Å². The highest BCUT2D eigenvalue weighted by Gasteiger charge is 2.18. The van der Waals surface area contributed by atoms with Crippen molar-refractivity contribution in [1.82, 2.24) is 10.2 Å². The Hall–Kier alpha value is -1.58. The molecule has 1 fully saturated rings. The van der Waals surface area contributed by atoms with Gasteiger partial charge in [0, 0.05) is 45.3 Å². The van der Waals surface area contributed by atoms with Crippen molar-refractivity contribution in [2.75, 3.05) is 44.2 Å². The van der Waals surface area contributed by atoms with Gasteiger partial charge < -0.3 is 20.9 Å². The van der Waals surface area contributed by atoms with Crippen LogP contribution in [0, 0.1) is 5.82 Å². The maximum Gasteiger partial charge on any atom is 0.216 e. The van der Waals surface area contributed by atoms with Crippen LogP contribution < -0.4 is 16.0 Å². The van der Waals surface area contributed by atoms with Crippen molar-refractivity contribution in [2.45, 2.75) is 6.92 Å². The van der Waals surface area contributed by atoms with E-state index in [9.17, 15) is 9.18 Å². The number of guanidine groups is 1. The van der Waals surface area contributed by atoms with E-state index >= 15 is 0 Å². The van der Waals surface area contributed by atoms with Crippen LogP contribution in [0.3, 0.4) is 0 Å². The van der Waals surface area contributed by atoms with Gasteiger partial charge in [-0.1, -0.05) is 0 Å². The first-order chi connectivity index (χ1) is 10.6. The first-order valence-electron chi connectivity index (χ1n) is 7.36. The minimum atomic E-state index is -0.224. The summed E-state index contributed by atoms with van der Waals surface area (Å²) in [7, 11) is 0. The number of nitrogens with one attached hydrogen (secondary N) is 1. The predicted molar refractivity (Wildman–Crippen MR) is 101 cm³/mol. The Balaban J connectivity index is 0.00000264. The van der Waals surface area contributed by atoms with E-state index in [1.165, 1.54) is 19.1 Å². The van der Waals surface area contributed by atoms with Crippen LogP contribution in [0.25, 0.3) is 0 Å². The minimum Gasteiger partial charge on any atom is -0.370 e. The quantitative estimate of drug-likeness (QED) is 0.321. The van der Waals surface area contributed by atoms with Crippen LogP contribution in [-0.2, 0) is 4.79 Å². The predicted octanol–water partition coefficient (Wildman–Crippen LogP) is 1.02. The normalized spacial score (nSPS) is 15.1. The molecule has 23 heavy (non-hydrogen) atoms. The van der Waals surface area contributed by atoms with Gasteiger partial charge in [-0.25, -0.2) is 4.39 Å². The van der Waals surface area contributed by atoms with Gasteiger partial charge in [0.15, 0.2) is 5.96 Å². The number of nitrogens with zero attached hydrogens (tertiary/aromatic N) is 3. The van der Waals surface area contributed by atoms with E-state index in [2.05, 4.69) is 15.2 Å². The van der Waals surface area contributed by atoms with Crippen LogP contribution in [0.2, 0.25) is 0 Å². The molecule has 128 valence electrons. The fourth-order valence-corrected chi connectivity index (χ4v) is 2.35. The molecular formula is C15H23FIN5O. The average molecular weight is 435 g/mol. The van der Waals surface area contributed by atoms with E-state index in [0.29, 0.717) is 19.0 Å². The molecule has 1 amide bonds. The molecule has 0 aliphatic carbocycles. The van der Waals surface area contributed by atoms with Crippen molar-refractivity contribution in [3.63, 3.8) is 0 Å². The van der Waals surface area contributed by atoms with Gasteiger partial charge in [-0.3, -0.25) is 9.79 Å². The summed E-state index contributed by atoms with van der Waals surface area (Å²) in [5.74, 6) is 0.212. The lowest BCUT2D eigenvalue weighted by Gasteiger charge is -2.36. The Morgan fingerprint density at radius 3 is 2.43 bits per heavy atom. The Labute approximate surface area is 152 Å². The van der Waals surface area contributed by atoms with Gasteiger partial charge in [0.2, 0.25) is 5.91 Å². The number of rotatable bonds is 4. The molecule has 0 saturated carbocycles. The van der Waals surface area contributed by atoms with Gasteiger partial charge in [0.05, 0.1) is 6.54 Å². The summed E-state index contributed by atoms with van der Waals surface area (Å²) >= 11 is 0. The van der Waals surface area contributed by atoms with Crippen molar-refractivity contribution in [1.29, 1.82) is 0 Å². The molecule has 3 N–H and O–H groups in total. The highest BCUT2D eigenvalue weighted by atomic mass is 127. The van der Waals surface area contributed by atoms with Gasteiger partial charge in [-0.15, -0.1) is 24.0 Å². The molecule has 0 spiro atoms. The molecule has 1 heterocycles. The molecule has 1 saturated heterocycles. The lowest BCUT2D eigenvalue weighted by atomic mass is 10.2. The van der Waals surface area contributed by atoms with Crippen LogP contribution in [0.4, 0.5) is 10.1 Å². The number of piperazine rings is 1. The maximum atomic E-state index is 12.9. The number of aliphatic imine (C=N–C) groups is 1. The van der Waals surface area contributed by atoms with Gasteiger partial charge in [-0.2, -0.15) is 0 Å². The van der Waals surface area contributed by atoms with Crippen molar-refractivity contribution in [3.8, 4) is 0 Å². The van der Waals surface area contributed by atoms with E-state index in [-0.39, 0.29) is 35.7 Å². The number of carbonyl (C=O) groups is 1. The Bertz CT molecular complexity index is 529. The van der Waals surface area contributed by atoms with Crippen molar-refractivity contribution in [3.05, 3.63) is 30.1 Å². The summed E-state index contributed by atoms with van der Waals surface area (Å²) in [6, 6.07) is 6.52. The van der Waals surface area contributed by atoms with Crippen LogP contribution >= 0.6 is 24.0 Å². The third-order valence-corrected chi connectivity index (χ3v) is 3.55. The SMILES string of the molecule is CC(=O)NCCN=C(N)N1CCN(c2ccc(F)cc2)CC1.I. The standard InChI is InChI=1S/C15H22FN5O.HI/c1-12(22)18-6-7-19-15(17)21-10-8-20(9-11-21)14-4-2-13(16)3-5-14;/h2-5H,6-11H2,1H3,(H2,17,19)(H,18,22);1H. The van der Waals surface area contributed by atoms with E-state index < -0.39 is 0 Å². The zero-order valence-electron chi connectivity index (χ0n) is 13.2. The number of amides is 1. The van der Waals surface area contributed by atoms with Gasteiger partial charge in [0.1, 0.15) is 5.82 Å². The maximum absolute atomic E-state index is 12.9. The first-order valence-corrected chi connectivity index (χ1v) is 7.36. The third-order valence-electron chi connectivity index (χ3n) is 3.55. The molecule has 0 atom stereocenters. The van der Waals surface area contributed by atoms with Crippen LogP contribution in [0.5, 0.6) is 0 Å². The zero-order valence-corrected chi connectivity index (χ0v) is 15.5. The second kappa shape index (κ2) is 9.53. The van der Waals surface area contributed by atoms with Crippen LogP contribution in [0.1, 0.15) is 6.92 Å². The number of benzene rings is 1. The van der Waals surface area contributed by atoms with Crippen LogP contribution in [-0.4, -0.2) is 56.0 Å². The summed E-state index contributed by atoms with van der Waals surface area (Å²) in [4.78, 5) is 19.2. The van der Waals surface area contributed by atoms with E-state index in [0.717, 1.165) is 31.9 Å². The topological polar surface area (TPSA) is 74.0 Å². The summed E-state index contributed by atoms with van der Waals surface area (Å²) < 4.78 is 12.9. The first kappa shape index (κ1) is 19.5. The second-order valence-corrected chi connectivity index (χ2v) is 5.17. The molecular weight excluding hydrogens is 412 g/mol. The monoisotopic (exact) mass is 435 g/mol. The number of halogens is 2. The smallest absolute Gasteiger partial charge is 0.216 e. The highest BCUT2D eigenvalue weighted by molar-refractivity contribution is 14.0. The number of hydrogen-bond donors (Lipinski definition) is 2. The summed E-state index contributed by atoms with van der Waals surface area (Å²) in [5, 5.41) is 2.68. The number of anilines is 1. The lowest BCUT2D eigenvalue weighted by molar-refractivity contribution is -0.118. The van der Waals surface area contributed by atoms with Crippen molar-refractivity contribution < 1.29 is 9.18 Å². The molecule has 8 heteroatoms. The molecule has 0 aromatic heterocycles. The fraction of sp³-hybridized carbons (Fsp3) is 0.467. The van der Waals surface area contributed by atoms with Gasteiger partial charge in [0.25, 0.3) is 0 Å². The molecule has 0 bridgehead atoms. The summed E-state index contributed by atoms with van der Waals surface area (Å²) in [6.07, 6.45) is 0. The molecule has 6 nitrogen and oxygen atoms in total. The molecule has 1 aliphatic heterocycles. The average Bonchev–Trinajstić information content (AvgIpc) is 2.52. The minimum absolute atomic E-state index is 0. The molecule has 0 radical (unpaired) electrons. The largest absolute Gasteiger partial charge is 0.370 e. The second-order valence-electron chi connectivity index (χ2n) is 5.17. The van der Waals surface area contributed by atoms with E-state index in [1.54, 1.807) is 12.1 Å². The number of hydrogen-bond acceptors (Lipinski definition) is 3. The van der Waals surface area contributed by atoms with Crippen molar-refractivity contribution >= 4 is 41.5 Å². The number of nitrogens with two attached hydrogens (primary N) is 1. The number of carbonyl (C=O) groups excluding carboxylic acids is 1. The molecule has 2 rings (SSSR count). The molecule has 1 aromatic carbocycles. The molecule has 1 aromatic rings. The van der Waals surface area contributed by atoms with Gasteiger partial charge in [-0.05, 0) is 24.3 Å². The van der Waals surface area contributed by atoms with E-state index in [1.807, 2.05) is 4.90 Å². The summed E-state index contributed by atoms with van der Waals surface area (Å²) in [6.45, 7) is 5.61. The summed E-state index contributed by atoms with van der Waals surface area (Å²) in [5.41, 5.74) is 6.98. The van der Waals surface area contributed by atoms with E-state index in [4.69, 9.17) is 5.73 Å². The molecule has 0 unspecified atom stereocenters. The third kappa shape index (κ3) is 6.20. The highest BCUT2D eigenvalue weighted by Crippen LogP contribution is 2.16.